The summed E-state index contributed by atoms with van der Waals surface area (Å²) in [6, 6.07) is 8.01. The van der Waals surface area contributed by atoms with Crippen LogP contribution in [0.3, 0.4) is 0 Å². The molecule has 0 bridgehead atoms. The second-order valence-corrected chi connectivity index (χ2v) is 14.6. The predicted octanol–water partition coefficient (Wildman–Crippen LogP) is 4.62. The van der Waals surface area contributed by atoms with E-state index in [0.717, 1.165) is 42.2 Å². The van der Waals surface area contributed by atoms with E-state index in [-0.39, 0.29) is 23.3 Å². The molecule has 0 saturated carbocycles. The first-order valence-corrected chi connectivity index (χ1v) is 17.4. The first kappa shape index (κ1) is 33.4. The van der Waals surface area contributed by atoms with Crippen molar-refractivity contribution in [3.8, 4) is 11.3 Å². The zero-order chi connectivity index (χ0) is 33.7. The molecule has 0 radical (unpaired) electrons. The van der Waals surface area contributed by atoms with Crippen LogP contribution in [0.5, 0.6) is 0 Å². The van der Waals surface area contributed by atoms with E-state index in [1.807, 2.05) is 6.07 Å². The van der Waals surface area contributed by atoms with E-state index in [1.165, 1.54) is 23.8 Å². The van der Waals surface area contributed by atoms with Crippen LogP contribution in [0.1, 0.15) is 46.5 Å². The fraction of sp³-hybridized carbons (Fsp3) is 0.452. The molecule has 2 atom stereocenters. The van der Waals surface area contributed by atoms with E-state index in [2.05, 4.69) is 20.3 Å². The maximum absolute atomic E-state index is 13.2. The maximum Gasteiger partial charge on any atom is 0.419 e. The van der Waals surface area contributed by atoms with Crippen LogP contribution in [0.2, 0.25) is 5.15 Å². The lowest BCUT2D eigenvalue weighted by Gasteiger charge is -2.33. The van der Waals surface area contributed by atoms with Gasteiger partial charge < -0.3 is 14.7 Å². The van der Waals surface area contributed by atoms with Crippen LogP contribution in [0.25, 0.3) is 22.3 Å². The van der Waals surface area contributed by atoms with Crippen LogP contribution in [-0.2, 0) is 33.7 Å². The standard InChI is InChI=1S/C31H34ClF3N6O5S/c1-46-30(43)40-17-23(22-7-8-25(32)37-28(22)40)18-10-13-39(14-11-18)15-21(42)16-41-24-9-12-36-29(47(2,44)45)26(24)27(38-41)19-3-5-20(6-4-19)31(33,34)35/h3-8,17-18,21,29,36,42H,9-16H2,1-2H3. The summed E-state index contributed by atoms with van der Waals surface area (Å²) in [5.41, 5.74) is 2.24. The van der Waals surface area contributed by atoms with Crippen LogP contribution in [0, 0.1) is 0 Å². The van der Waals surface area contributed by atoms with Gasteiger partial charge in [0, 0.05) is 54.2 Å². The number of sulfone groups is 1. The monoisotopic (exact) mass is 694 g/mol. The molecule has 1 saturated heterocycles. The van der Waals surface area contributed by atoms with E-state index in [1.54, 1.807) is 16.9 Å². The number of hydrogen-bond donors (Lipinski definition) is 2. The van der Waals surface area contributed by atoms with Crippen molar-refractivity contribution in [1.82, 2.24) is 29.5 Å². The molecule has 0 amide bonds. The van der Waals surface area contributed by atoms with Gasteiger partial charge in [-0.2, -0.15) is 18.3 Å². The highest BCUT2D eigenvalue weighted by molar-refractivity contribution is 7.90. The molecule has 4 aromatic rings. The summed E-state index contributed by atoms with van der Waals surface area (Å²) in [7, 11) is -2.34. The number of fused-ring (bicyclic) bond motifs is 2. The maximum atomic E-state index is 13.2. The second-order valence-electron chi connectivity index (χ2n) is 12.0. The lowest BCUT2D eigenvalue weighted by molar-refractivity contribution is -0.137. The lowest BCUT2D eigenvalue weighted by Crippen LogP contribution is -2.40. The minimum absolute atomic E-state index is 0.0818. The number of ether oxygens (including phenoxy) is 1. The third-order valence-electron chi connectivity index (χ3n) is 8.87. The smallest absolute Gasteiger partial charge is 0.419 e. The number of likely N-dealkylation sites (tertiary alicyclic amines) is 1. The number of rotatable bonds is 7. The summed E-state index contributed by atoms with van der Waals surface area (Å²) in [4.78, 5) is 18.9. The number of aliphatic hydroxyl groups excluding tert-OH is 1. The summed E-state index contributed by atoms with van der Waals surface area (Å²) in [6.45, 7) is 2.15. The van der Waals surface area contributed by atoms with Gasteiger partial charge in [-0.15, -0.1) is 0 Å². The van der Waals surface area contributed by atoms with Gasteiger partial charge in [-0.25, -0.2) is 22.8 Å². The number of nitrogens with zero attached hydrogens (tertiary/aromatic N) is 5. The molecule has 11 nitrogen and oxygen atoms in total. The minimum atomic E-state index is -4.51. The third kappa shape index (κ3) is 6.77. The van der Waals surface area contributed by atoms with Gasteiger partial charge in [0.1, 0.15) is 10.5 Å². The number of pyridine rings is 1. The van der Waals surface area contributed by atoms with Gasteiger partial charge in [0.15, 0.2) is 15.5 Å². The highest BCUT2D eigenvalue weighted by Gasteiger charge is 2.36. The van der Waals surface area contributed by atoms with Crippen molar-refractivity contribution in [3.63, 3.8) is 0 Å². The Hall–Kier alpha value is -3.50. The van der Waals surface area contributed by atoms with Gasteiger partial charge in [-0.1, -0.05) is 23.7 Å². The Morgan fingerprint density at radius 1 is 1.15 bits per heavy atom. The number of hydrogen-bond acceptors (Lipinski definition) is 9. The normalized spacial score (nSPS) is 18.7. The largest absolute Gasteiger partial charge is 0.452 e. The van der Waals surface area contributed by atoms with Crippen LogP contribution >= 0.6 is 11.6 Å². The molecule has 16 heteroatoms. The molecular formula is C31H34ClF3N6O5S. The fourth-order valence-corrected chi connectivity index (χ4v) is 7.91. The molecule has 2 unspecified atom stereocenters. The third-order valence-corrected chi connectivity index (χ3v) is 10.3. The number of aliphatic hydroxyl groups is 1. The molecule has 3 aromatic heterocycles. The first-order chi connectivity index (χ1) is 22.2. The van der Waals surface area contributed by atoms with Crippen molar-refractivity contribution in [2.75, 3.05) is 39.5 Å². The summed E-state index contributed by atoms with van der Waals surface area (Å²) in [5.74, 6) is 0.143. The number of nitrogens with one attached hydrogen (secondary N) is 1. The molecule has 6 rings (SSSR count). The zero-order valence-electron chi connectivity index (χ0n) is 25.7. The number of carbonyl (C=O) groups is 1. The molecule has 1 fully saturated rings. The van der Waals surface area contributed by atoms with Crippen molar-refractivity contribution in [2.45, 2.75) is 49.4 Å². The second kappa shape index (κ2) is 12.8. The average Bonchev–Trinajstić information content (AvgIpc) is 3.58. The van der Waals surface area contributed by atoms with Gasteiger partial charge in [0.25, 0.3) is 0 Å². The van der Waals surface area contributed by atoms with Crippen molar-refractivity contribution in [1.29, 1.82) is 0 Å². The molecule has 252 valence electrons. The van der Waals surface area contributed by atoms with Crippen molar-refractivity contribution < 1.29 is 36.2 Å². The Morgan fingerprint density at radius 2 is 1.85 bits per heavy atom. The van der Waals surface area contributed by atoms with E-state index < -0.39 is 39.1 Å². The molecule has 2 N–H and O–H groups in total. The van der Waals surface area contributed by atoms with Crippen LogP contribution in [0.4, 0.5) is 18.0 Å². The first-order valence-electron chi connectivity index (χ1n) is 15.1. The summed E-state index contributed by atoms with van der Waals surface area (Å²) < 4.78 is 73.0. The Morgan fingerprint density at radius 3 is 2.49 bits per heavy atom. The van der Waals surface area contributed by atoms with Gasteiger partial charge in [0.05, 0.1) is 31.0 Å². The number of β-amino-alcohol motifs (C(OH)–C–C–N with tert-alkyl or cyclic N) is 1. The van der Waals surface area contributed by atoms with E-state index in [9.17, 15) is 31.5 Å². The lowest BCUT2D eigenvalue weighted by atomic mass is 9.89. The SMILES string of the molecule is COC(=O)n1cc(C2CCN(CC(O)Cn3nc(-c4ccc(C(F)(F)F)cc4)c4c3CCNC4S(C)(=O)=O)CC2)c2ccc(Cl)nc21. The number of benzene rings is 1. The Balaban J connectivity index is 1.19. The molecular weight excluding hydrogens is 661 g/mol. The summed E-state index contributed by atoms with van der Waals surface area (Å²) >= 11 is 6.10. The van der Waals surface area contributed by atoms with E-state index in [4.69, 9.17) is 16.3 Å². The van der Waals surface area contributed by atoms with Crippen molar-refractivity contribution >= 4 is 38.6 Å². The predicted molar refractivity (Wildman–Crippen MR) is 169 cm³/mol. The number of halogens is 4. The van der Waals surface area contributed by atoms with Crippen LogP contribution in [0.15, 0.2) is 42.6 Å². The number of piperidine rings is 1. The van der Waals surface area contributed by atoms with Crippen molar-refractivity contribution in [3.05, 3.63) is 70.1 Å². The Labute approximate surface area is 274 Å². The number of alkyl halides is 3. The quantitative estimate of drug-likeness (QED) is 0.266. The highest BCUT2D eigenvalue weighted by Crippen LogP contribution is 2.38. The van der Waals surface area contributed by atoms with Crippen molar-refractivity contribution in [2.24, 2.45) is 0 Å². The van der Waals surface area contributed by atoms with E-state index in [0.29, 0.717) is 55.1 Å². The number of methoxy groups -OCH3 is 1. The molecule has 1 aromatic carbocycles. The van der Waals surface area contributed by atoms with Gasteiger partial charge in [-0.05, 0) is 61.7 Å². The van der Waals surface area contributed by atoms with Gasteiger partial charge in [0.2, 0.25) is 0 Å². The molecule has 2 aliphatic rings. The van der Waals surface area contributed by atoms with Gasteiger partial charge >= 0.3 is 12.3 Å². The number of carbonyl (C=O) groups excluding carboxylic acids is 1. The molecule has 5 heterocycles. The minimum Gasteiger partial charge on any atom is -0.452 e. The van der Waals surface area contributed by atoms with Crippen LogP contribution in [-0.4, -0.2) is 89.5 Å². The summed E-state index contributed by atoms with van der Waals surface area (Å²) in [5, 5.41) is 18.9. The Bertz CT molecular complexity index is 1900. The number of aromatic nitrogens is 4. The molecule has 0 spiro atoms. The highest BCUT2D eigenvalue weighted by atomic mass is 35.5. The molecule has 2 aliphatic heterocycles. The van der Waals surface area contributed by atoms with E-state index >= 15 is 0 Å². The summed E-state index contributed by atoms with van der Waals surface area (Å²) in [6.07, 6.45) is -1.09. The molecule has 47 heavy (non-hydrogen) atoms. The average molecular weight is 695 g/mol. The van der Waals surface area contributed by atoms with Crippen LogP contribution < -0.4 is 5.32 Å². The van der Waals surface area contributed by atoms with Gasteiger partial charge in [-0.3, -0.25) is 10.00 Å². The topological polar surface area (TPSA) is 132 Å². The fourth-order valence-electron chi connectivity index (χ4n) is 6.67. The zero-order valence-corrected chi connectivity index (χ0v) is 27.2. The Kier molecular flexibility index (Phi) is 9.13. The molecule has 0 aliphatic carbocycles.